The number of esters is 1. The number of benzene rings is 3. The van der Waals surface area contributed by atoms with E-state index < -0.39 is 15.8 Å². The highest BCUT2D eigenvalue weighted by Crippen LogP contribution is 2.17. The first kappa shape index (κ1) is 19.5. The van der Waals surface area contributed by atoms with Gasteiger partial charge in [0.05, 0.1) is 16.2 Å². The van der Waals surface area contributed by atoms with Gasteiger partial charge in [0.1, 0.15) is 0 Å². The molecule has 0 saturated carbocycles. The van der Waals surface area contributed by atoms with Gasteiger partial charge in [-0.25, -0.2) is 13.2 Å². The molecule has 5 nitrogen and oxygen atoms in total. The zero-order chi connectivity index (χ0) is 20.0. The summed E-state index contributed by atoms with van der Waals surface area (Å²) in [5.41, 5.74) is 1.28. The Kier molecular flexibility index (Phi) is 6.01. The average molecular weight is 394 g/mol. The number of Topliss-reactive ketones (excluding diaryl/α,β-unsaturated/α-hetero) is 1. The molecule has 3 aromatic rings. The van der Waals surface area contributed by atoms with Crippen molar-refractivity contribution in [3.05, 3.63) is 102 Å². The minimum Gasteiger partial charge on any atom is -0.454 e. The Hall–Kier alpha value is -3.25. The fraction of sp³-hybridized carbons (Fsp3) is 0.0909. The highest BCUT2D eigenvalue weighted by Gasteiger charge is 2.16. The predicted octanol–water partition coefficient (Wildman–Crippen LogP) is 3.70. The van der Waals surface area contributed by atoms with E-state index in [9.17, 15) is 18.0 Å². The van der Waals surface area contributed by atoms with E-state index in [0.29, 0.717) is 11.1 Å². The van der Waals surface area contributed by atoms with Crippen molar-refractivity contribution in [2.24, 2.45) is 0 Å². The maximum atomic E-state index is 12.4. The summed E-state index contributed by atoms with van der Waals surface area (Å²) < 4.78 is 29.9. The van der Waals surface area contributed by atoms with Gasteiger partial charge >= 0.3 is 5.97 Å². The molecule has 0 fully saturated rings. The lowest BCUT2D eigenvalue weighted by atomic mass is 10.1. The summed E-state index contributed by atoms with van der Waals surface area (Å²) in [7, 11) is -3.46. The predicted molar refractivity (Wildman–Crippen MR) is 105 cm³/mol. The van der Waals surface area contributed by atoms with Crippen molar-refractivity contribution in [1.29, 1.82) is 0 Å². The molecule has 0 amide bonds. The molecule has 0 spiro atoms. The number of ketones is 1. The van der Waals surface area contributed by atoms with Crippen LogP contribution in [0.4, 0.5) is 0 Å². The van der Waals surface area contributed by atoms with E-state index in [1.54, 1.807) is 72.8 Å². The number of sulfone groups is 1. The molecule has 0 heterocycles. The van der Waals surface area contributed by atoms with Crippen LogP contribution in [0.3, 0.4) is 0 Å². The quantitative estimate of drug-likeness (QED) is 0.451. The smallest absolute Gasteiger partial charge is 0.338 e. The third kappa shape index (κ3) is 4.92. The molecular weight excluding hydrogens is 376 g/mol. The van der Waals surface area contributed by atoms with Gasteiger partial charge in [0.15, 0.2) is 22.2 Å². The van der Waals surface area contributed by atoms with Gasteiger partial charge in [-0.2, -0.15) is 0 Å². The van der Waals surface area contributed by atoms with Gasteiger partial charge in [-0.15, -0.1) is 0 Å². The van der Waals surface area contributed by atoms with Crippen molar-refractivity contribution in [3.63, 3.8) is 0 Å². The van der Waals surface area contributed by atoms with Gasteiger partial charge in [-0.05, 0) is 29.8 Å². The topological polar surface area (TPSA) is 77.5 Å². The second kappa shape index (κ2) is 8.63. The monoisotopic (exact) mass is 394 g/mol. The zero-order valence-electron chi connectivity index (χ0n) is 14.9. The summed E-state index contributed by atoms with van der Waals surface area (Å²) >= 11 is 0. The molecule has 28 heavy (non-hydrogen) atoms. The molecule has 0 saturated heterocycles. The number of carbonyl (C=O) groups excluding carboxylic acids is 2. The molecule has 0 atom stereocenters. The fourth-order valence-corrected chi connectivity index (χ4v) is 3.96. The van der Waals surface area contributed by atoms with Crippen molar-refractivity contribution in [1.82, 2.24) is 0 Å². The number of carbonyl (C=O) groups is 2. The summed E-state index contributed by atoms with van der Waals surface area (Å²) in [6, 6.07) is 22.9. The highest BCUT2D eigenvalue weighted by atomic mass is 32.2. The second-order valence-electron chi connectivity index (χ2n) is 6.13. The van der Waals surface area contributed by atoms with Gasteiger partial charge < -0.3 is 4.74 Å². The van der Waals surface area contributed by atoms with Gasteiger partial charge in [0.25, 0.3) is 0 Å². The molecule has 6 heteroatoms. The lowest BCUT2D eigenvalue weighted by Gasteiger charge is -2.07. The molecular formula is C22H18O5S. The largest absolute Gasteiger partial charge is 0.454 e. The highest BCUT2D eigenvalue weighted by molar-refractivity contribution is 7.90. The maximum absolute atomic E-state index is 12.4. The molecule has 0 aliphatic heterocycles. The first-order valence-corrected chi connectivity index (χ1v) is 10.2. The summed E-state index contributed by atoms with van der Waals surface area (Å²) in [5, 5.41) is 0. The van der Waals surface area contributed by atoms with E-state index in [1.165, 1.54) is 12.1 Å². The molecule has 3 rings (SSSR count). The molecule has 3 aromatic carbocycles. The molecule has 0 unspecified atom stereocenters. The van der Waals surface area contributed by atoms with Crippen molar-refractivity contribution < 1.29 is 22.7 Å². The number of hydrogen-bond donors (Lipinski definition) is 0. The Bertz CT molecular complexity index is 1060. The minimum absolute atomic E-state index is 0.168. The van der Waals surface area contributed by atoms with Gasteiger partial charge in [-0.1, -0.05) is 60.7 Å². The number of ether oxygens (including phenoxy) is 1. The summed E-state index contributed by atoms with van der Waals surface area (Å²) in [4.78, 5) is 24.3. The molecule has 0 bridgehead atoms. The fourth-order valence-electron chi connectivity index (χ4n) is 2.59. The third-order valence-corrected chi connectivity index (χ3v) is 5.78. The Morgan fingerprint density at radius 3 is 1.89 bits per heavy atom. The maximum Gasteiger partial charge on any atom is 0.338 e. The standard InChI is InChI=1S/C22H18O5S/c23-21(18-7-3-1-4-8-18)15-27-22(24)19-13-11-17(12-14-19)16-28(25,26)20-9-5-2-6-10-20/h1-14H,15-16H2. The summed E-state index contributed by atoms with van der Waals surface area (Å²) in [5.74, 6) is -1.10. The lowest BCUT2D eigenvalue weighted by molar-refractivity contribution is 0.0475. The van der Waals surface area contributed by atoms with E-state index in [4.69, 9.17) is 4.74 Å². The van der Waals surface area contributed by atoms with E-state index >= 15 is 0 Å². The van der Waals surface area contributed by atoms with Crippen LogP contribution in [-0.4, -0.2) is 26.8 Å². The molecule has 142 valence electrons. The van der Waals surface area contributed by atoms with Crippen LogP contribution < -0.4 is 0 Å². The molecule has 0 aliphatic rings. The van der Waals surface area contributed by atoms with Gasteiger partial charge in [0, 0.05) is 5.56 Å². The van der Waals surface area contributed by atoms with E-state index in [2.05, 4.69) is 0 Å². The minimum atomic E-state index is -3.46. The summed E-state index contributed by atoms with van der Waals surface area (Å²) in [6.07, 6.45) is 0. The van der Waals surface area contributed by atoms with Crippen molar-refractivity contribution in [2.75, 3.05) is 6.61 Å². The van der Waals surface area contributed by atoms with Crippen LogP contribution in [0.2, 0.25) is 0 Å². The Balaban J connectivity index is 1.61. The van der Waals surface area contributed by atoms with Crippen LogP contribution in [0.25, 0.3) is 0 Å². The van der Waals surface area contributed by atoms with Crippen LogP contribution in [-0.2, 0) is 20.3 Å². The van der Waals surface area contributed by atoms with Gasteiger partial charge in [0.2, 0.25) is 0 Å². The van der Waals surface area contributed by atoms with Crippen LogP contribution in [0, 0.1) is 0 Å². The Morgan fingerprint density at radius 1 is 0.714 bits per heavy atom. The van der Waals surface area contributed by atoms with Crippen molar-refractivity contribution in [2.45, 2.75) is 10.6 Å². The van der Waals surface area contributed by atoms with Crippen LogP contribution in [0.5, 0.6) is 0 Å². The molecule has 0 N–H and O–H groups in total. The third-order valence-electron chi connectivity index (χ3n) is 4.08. The van der Waals surface area contributed by atoms with E-state index in [1.807, 2.05) is 0 Å². The van der Waals surface area contributed by atoms with E-state index in [-0.39, 0.29) is 28.6 Å². The number of rotatable bonds is 7. The van der Waals surface area contributed by atoms with Crippen LogP contribution >= 0.6 is 0 Å². The van der Waals surface area contributed by atoms with Gasteiger partial charge in [-0.3, -0.25) is 4.79 Å². The first-order chi connectivity index (χ1) is 13.5. The Morgan fingerprint density at radius 2 is 1.29 bits per heavy atom. The second-order valence-corrected chi connectivity index (χ2v) is 8.12. The van der Waals surface area contributed by atoms with Crippen LogP contribution in [0.15, 0.2) is 89.8 Å². The van der Waals surface area contributed by atoms with Crippen LogP contribution in [0.1, 0.15) is 26.3 Å². The molecule has 0 aliphatic carbocycles. The van der Waals surface area contributed by atoms with Crippen molar-refractivity contribution in [3.8, 4) is 0 Å². The SMILES string of the molecule is O=C(COC(=O)c1ccc(CS(=O)(=O)c2ccccc2)cc1)c1ccccc1. The van der Waals surface area contributed by atoms with Crippen molar-refractivity contribution >= 4 is 21.6 Å². The number of hydrogen-bond acceptors (Lipinski definition) is 5. The summed E-state index contributed by atoms with van der Waals surface area (Å²) in [6.45, 7) is -0.354. The van der Waals surface area contributed by atoms with E-state index in [0.717, 1.165) is 0 Å². The average Bonchev–Trinajstić information content (AvgIpc) is 2.73. The molecule has 0 radical (unpaired) electrons. The first-order valence-electron chi connectivity index (χ1n) is 8.58. The zero-order valence-corrected chi connectivity index (χ0v) is 15.8. The normalized spacial score (nSPS) is 11.0. The Labute approximate surface area is 163 Å². The molecule has 0 aromatic heterocycles. The lowest BCUT2D eigenvalue weighted by Crippen LogP contribution is -2.14.